The summed E-state index contributed by atoms with van der Waals surface area (Å²) in [5, 5.41) is 7.20. The van der Waals surface area contributed by atoms with Crippen LogP contribution >= 0.6 is 0 Å². The van der Waals surface area contributed by atoms with Crippen LogP contribution in [-0.4, -0.2) is 18.6 Å². The summed E-state index contributed by atoms with van der Waals surface area (Å²) in [5.74, 6) is -0.0142. The number of halogens is 3. The second-order valence-corrected chi connectivity index (χ2v) is 3.29. The zero-order valence-corrected chi connectivity index (χ0v) is 8.56. The third-order valence-corrected chi connectivity index (χ3v) is 1.89. The minimum atomic E-state index is -4.35. The van der Waals surface area contributed by atoms with Gasteiger partial charge in [-0.15, -0.1) is 0 Å². The van der Waals surface area contributed by atoms with Crippen LogP contribution in [0.15, 0.2) is 18.2 Å². The van der Waals surface area contributed by atoms with E-state index in [1.54, 1.807) is 6.92 Å². The Kier molecular flexibility index (Phi) is 3.41. The average molecular weight is 232 g/mol. The van der Waals surface area contributed by atoms with Crippen LogP contribution in [0.1, 0.15) is 11.1 Å². The third kappa shape index (κ3) is 3.45. The van der Waals surface area contributed by atoms with Gasteiger partial charge in [0.15, 0.2) is 6.61 Å². The van der Waals surface area contributed by atoms with Crippen LogP contribution in [0.2, 0.25) is 0 Å². The molecule has 1 aromatic rings. The number of ether oxygens (including phenoxy) is 1. The summed E-state index contributed by atoms with van der Waals surface area (Å²) in [5.41, 5.74) is 6.36. The van der Waals surface area contributed by atoms with Crippen molar-refractivity contribution >= 4 is 5.84 Å². The lowest BCUT2D eigenvalue weighted by atomic mass is 10.1. The number of hydrogen-bond acceptors (Lipinski definition) is 2. The minimum Gasteiger partial charge on any atom is -0.484 e. The Morgan fingerprint density at radius 3 is 2.50 bits per heavy atom. The maximum absolute atomic E-state index is 11.9. The third-order valence-electron chi connectivity index (χ3n) is 1.89. The van der Waals surface area contributed by atoms with Gasteiger partial charge in [-0.2, -0.15) is 13.2 Å². The Labute approximate surface area is 90.5 Å². The molecular weight excluding hydrogens is 221 g/mol. The molecule has 0 radical (unpaired) electrons. The number of benzene rings is 1. The monoisotopic (exact) mass is 232 g/mol. The van der Waals surface area contributed by atoms with Crippen molar-refractivity contribution in [2.24, 2.45) is 5.73 Å². The maximum Gasteiger partial charge on any atom is 0.422 e. The van der Waals surface area contributed by atoms with Crippen molar-refractivity contribution in [1.29, 1.82) is 5.41 Å². The topological polar surface area (TPSA) is 59.1 Å². The van der Waals surface area contributed by atoms with Gasteiger partial charge in [-0.25, -0.2) is 0 Å². The molecule has 0 heterocycles. The molecule has 0 atom stereocenters. The van der Waals surface area contributed by atoms with E-state index in [0.29, 0.717) is 11.1 Å². The van der Waals surface area contributed by atoms with Gasteiger partial charge in [0.05, 0.1) is 0 Å². The normalized spacial score (nSPS) is 11.2. The second kappa shape index (κ2) is 4.42. The molecule has 16 heavy (non-hydrogen) atoms. The fraction of sp³-hybridized carbons (Fsp3) is 0.300. The lowest BCUT2D eigenvalue weighted by molar-refractivity contribution is -0.153. The van der Waals surface area contributed by atoms with Gasteiger partial charge in [0.2, 0.25) is 0 Å². The molecule has 0 saturated heterocycles. The molecule has 6 heteroatoms. The van der Waals surface area contributed by atoms with Gasteiger partial charge < -0.3 is 10.5 Å². The van der Waals surface area contributed by atoms with Crippen molar-refractivity contribution in [1.82, 2.24) is 0 Å². The second-order valence-electron chi connectivity index (χ2n) is 3.29. The largest absolute Gasteiger partial charge is 0.484 e. The van der Waals surface area contributed by atoms with E-state index in [1.807, 2.05) is 0 Å². The number of nitrogen functional groups attached to an aromatic ring is 1. The lowest BCUT2D eigenvalue weighted by Crippen LogP contribution is -2.19. The molecule has 0 saturated carbocycles. The molecule has 3 N–H and O–H groups in total. The fourth-order valence-electron chi connectivity index (χ4n) is 1.19. The van der Waals surface area contributed by atoms with Crippen LogP contribution in [0, 0.1) is 12.3 Å². The van der Waals surface area contributed by atoms with E-state index < -0.39 is 12.8 Å². The Hall–Kier alpha value is -1.72. The van der Waals surface area contributed by atoms with Crippen LogP contribution in [0.5, 0.6) is 5.75 Å². The van der Waals surface area contributed by atoms with Gasteiger partial charge >= 0.3 is 6.18 Å². The summed E-state index contributed by atoms with van der Waals surface area (Å²) in [6, 6.07) is 4.24. The molecule has 0 aliphatic rings. The van der Waals surface area contributed by atoms with Crippen molar-refractivity contribution in [2.75, 3.05) is 6.61 Å². The quantitative estimate of drug-likeness (QED) is 0.620. The molecule has 0 unspecified atom stereocenters. The highest BCUT2D eigenvalue weighted by atomic mass is 19.4. The van der Waals surface area contributed by atoms with E-state index >= 15 is 0 Å². The Bertz CT molecular complexity index is 402. The molecule has 0 fully saturated rings. The lowest BCUT2D eigenvalue weighted by Gasteiger charge is -2.11. The number of nitrogens with two attached hydrogens (primary N) is 1. The van der Waals surface area contributed by atoms with E-state index in [9.17, 15) is 13.2 Å². The first-order valence-electron chi connectivity index (χ1n) is 4.44. The summed E-state index contributed by atoms with van der Waals surface area (Å²) in [6.07, 6.45) is -4.35. The number of nitrogens with one attached hydrogen (secondary N) is 1. The van der Waals surface area contributed by atoms with Crippen LogP contribution in [0.25, 0.3) is 0 Å². The van der Waals surface area contributed by atoms with Crippen LogP contribution in [0.3, 0.4) is 0 Å². The zero-order chi connectivity index (χ0) is 12.3. The van der Waals surface area contributed by atoms with Crippen molar-refractivity contribution in [2.45, 2.75) is 13.1 Å². The van der Waals surface area contributed by atoms with Crippen molar-refractivity contribution in [3.05, 3.63) is 29.3 Å². The molecular formula is C10H11F3N2O. The van der Waals surface area contributed by atoms with Crippen molar-refractivity contribution < 1.29 is 17.9 Å². The van der Waals surface area contributed by atoms with Gasteiger partial charge in [0, 0.05) is 5.56 Å². The zero-order valence-electron chi connectivity index (χ0n) is 8.56. The van der Waals surface area contributed by atoms with Gasteiger partial charge in [-0.1, -0.05) is 0 Å². The maximum atomic E-state index is 11.9. The Morgan fingerprint density at radius 2 is 2.06 bits per heavy atom. The minimum absolute atomic E-state index is 0.111. The summed E-state index contributed by atoms with van der Waals surface area (Å²) in [6.45, 7) is 0.322. The van der Waals surface area contributed by atoms with Gasteiger partial charge in [-0.05, 0) is 30.7 Å². The van der Waals surface area contributed by atoms with E-state index in [2.05, 4.69) is 4.74 Å². The highest BCUT2D eigenvalue weighted by Gasteiger charge is 2.28. The molecule has 0 aromatic heterocycles. The predicted octanol–water partition coefficient (Wildman–Crippen LogP) is 2.22. The first-order valence-corrected chi connectivity index (χ1v) is 4.44. The molecule has 0 aliphatic heterocycles. The number of rotatable bonds is 3. The van der Waals surface area contributed by atoms with E-state index in [1.165, 1.54) is 18.2 Å². The Balaban J connectivity index is 2.78. The van der Waals surface area contributed by atoms with Gasteiger partial charge in [0.25, 0.3) is 0 Å². The number of amidine groups is 1. The van der Waals surface area contributed by atoms with E-state index in [-0.39, 0.29) is 11.6 Å². The molecule has 0 amide bonds. The average Bonchev–Trinajstić information content (AvgIpc) is 2.13. The number of alkyl halides is 3. The van der Waals surface area contributed by atoms with Crippen molar-refractivity contribution in [3.63, 3.8) is 0 Å². The van der Waals surface area contributed by atoms with E-state index in [0.717, 1.165) is 0 Å². The highest BCUT2D eigenvalue weighted by Crippen LogP contribution is 2.20. The fourth-order valence-corrected chi connectivity index (χ4v) is 1.19. The van der Waals surface area contributed by atoms with Crippen LogP contribution in [0.4, 0.5) is 13.2 Å². The van der Waals surface area contributed by atoms with Crippen LogP contribution in [-0.2, 0) is 0 Å². The molecule has 88 valence electrons. The first-order chi connectivity index (χ1) is 7.29. The summed E-state index contributed by atoms with van der Waals surface area (Å²) in [4.78, 5) is 0. The van der Waals surface area contributed by atoms with Crippen molar-refractivity contribution in [3.8, 4) is 5.75 Å². The molecule has 0 aliphatic carbocycles. The summed E-state index contributed by atoms with van der Waals surface area (Å²) >= 11 is 0. The summed E-state index contributed by atoms with van der Waals surface area (Å²) < 4.78 is 40.2. The molecule has 0 spiro atoms. The smallest absolute Gasteiger partial charge is 0.422 e. The van der Waals surface area contributed by atoms with Crippen LogP contribution < -0.4 is 10.5 Å². The number of aryl methyl sites for hydroxylation is 1. The first kappa shape index (κ1) is 12.4. The number of hydrogen-bond donors (Lipinski definition) is 2. The Morgan fingerprint density at radius 1 is 1.44 bits per heavy atom. The molecule has 0 bridgehead atoms. The standard InChI is InChI=1S/C10H11F3N2O/c1-6-4-7(16-5-10(11,12)13)2-3-8(6)9(14)15/h2-4H,5H2,1H3,(H3,14,15). The van der Waals surface area contributed by atoms with Gasteiger partial charge in [0.1, 0.15) is 11.6 Å². The molecule has 3 nitrogen and oxygen atoms in total. The van der Waals surface area contributed by atoms with E-state index in [4.69, 9.17) is 11.1 Å². The SMILES string of the molecule is Cc1cc(OCC(F)(F)F)ccc1C(=N)N. The molecule has 1 rings (SSSR count). The highest BCUT2D eigenvalue weighted by molar-refractivity contribution is 5.96. The molecule has 1 aromatic carbocycles. The predicted molar refractivity (Wildman–Crippen MR) is 53.7 cm³/mol. The summed E-state index contributed by atoms with van der Waals surface area (Å²) in [7, 11) is 0. The van der Waals surface area contributed by atoms with Gasteiger partial charge in [-0.3, -0.25) is 5.41 Å².